The van der Waals surface area contributed by atoms with Crippen LogP contribution in [0.25, 0.3) is 10.9 Å². The molecule has 134 valence electrons. The van der Waals surface area contributed by atoms with Crippen LogP contribution in [0.5, 0.6) is 0 Å². The average molecular weight is 369 g/mol. The van der Waals surface area contributed by atoms with E-state index in [1.54, 1.807) is 6.20 Å². The fourth-order valence-corrected chi connectivity index (χ4v) is 3.75. The minimum atomic E-state index is 0.171. The fraction of sp³-hybridized carbons (Fsp3) is 0.300. The maximum atomic E-state index is 12.8. The Bertz CT molecular complexity index is 923. The van der Waals surface area contributed by atoms with E-state index in [1.807, 2.05) is 47.4 Å². The van der Waals surface area contributed by atoms with E-state index in [-0.39, 0.29) is 5.91 Å². The van der Waals surface area contributed by atoms with Crippen molar-refractivity contribution in [3.63, 3.8) is 0 Å². The molecule has 0 atom stereocenters. The normalized spacial score (nSPS) is 15.3. The molecule has 0 bridgehead atoms. The molecule has 0 spiro atoms. The SMILES string of the molecule is O=C(Cc1ccc2cn[nH]c2c1)N1CCCN(c2ccccc2Cl)CC1. The molecule has 4 rings (SSSR count). The Morgan fingerprint density at radius 3 is 2.88 bits per heavy atom. The molecule has 1 aliphatic rings. The Balaban J connectivity index is 1.41. The highest BCUT2D eigenvalue weighted by Gasteiger charge is 2.20. The highest BCUT2D eigenvalue weighted by molar-refractivity contribution is 6.33. The smallest absolute Gasteiger partial charge is 0.227 e. The molecule has 26 heavy (non-hydrogen) atoms. The first-order valence-corrected chi connectivity index (χ1v) is 9.28. The summed E-state index contributed by atoms with van der Waals surface area (Å²) >= 11 is 6.33. The van der Waals surface area contributed by atoms with Crippen LogP contribution in [0, 0.1) is 0 Å². The summed E-state index contributed by atoms with van der Waals surface area (Å²) < 4.78 is 0. The van der Waals surface area contributed by atoms with Gasteiger partial charge in [-0.1, -0.05) is 35.9 Å². The third-order valence-corrected chi connectivity index (χ3v) is 5.22. The van der Waals surface area contributed by atoms with Gasteiger partial charge in [-0.3, -0.25) is 9.89 Å². The summed E-state index contributed by atoms with van der Waals surface area (Å²) in [7, 11) is 0. The molecular weight excluding hydrogens is 348 g/mol. The van der Waals surface area contributed by atoms with Gasteiger partial charge in [-0.25, -0.2) is 0 Å². The van der Waals surface area contributed by atoms with Crippen LogP contribution < -0.4 is 4.90 Å². The Morgan fingerprint density at radius 2 is 2.00 bits per heavy atom. The van der Waals surface area contributed by atoms with Crippen LogP contribution in [0.2, 0.25) is 5.02 Å². The number of benzene rings is 2. The van der Waals surface area contributed by atoms with Crippen molar-refractivity contribution < 1.29 is 4.79 Å². The molecule has 5 nitrogen and oxygen atoms in total. The molecule has 1 fully saturated rings. The van der Waals surface area contributed by atoms with Crippen LogP contribution in [0.15, 0.2) is 48.7 Å². The molecule has 3 aromatic rings. The number of hydrogen-bond acceptors (Lipinski definition) is 3. The highest BCUT2D eigenvalue weighted by Crippen LogP contribution is 2.26. The number of fused-ring (bicyclic) bond motifs is 1. The minimum absolute atomic E-state index is 0.171. The van der Waals surface area contributed by atoms with Crippen molar-refractivity contribution in [2.24, 2.45) is 0 Å². The van der Waals surface area contributed by atoms with E-state index in [0.717, 1.165) is 59.8 Å². The van der Waals surface area contributed by atoms with Crippen molar-refractivity contribution >= 4 is 34.1 Å². The lowest BCUT2D eigenvalue weighted by atomic mass is 10.1. The van der Waals surface area contributed by atoms with Gasteiger partial charge in [0.2, 0.25) is 5.91 Å². The minimum Gasteiger partial charge on any atom is -0.368 e. The van der Waals surface area contributed by atoms with Crippen molar-refractivity contribution in [1.29, 1.82) is 0 Å². The molecule has 0 unspecified atom stereocenters. The van der Waals surface area contributed by atoms with Crippen molar-refractivity contribution in [2.45, 2.75) is 12.8 Å². The molecule has 1 aliphatic heterocycles. The van der Waals surface area contributed by atoms with E-state index >= 15 is 0 Å². The number of halogens is 1. The zero-order valence-electron chi connectivity index (χ0n) is 14.5. The Labute approximate surface area is 157 Å². The number of hydrogen-bond donors (Lipinski definition) is 1. The van der Waals surface area contributed by atoms with Gasteiger partial charge in [0, 0.05) is 31.6 Å². The number of carbonyl (C=O) groups is 1. The van der Waals surface area contributed by atoms with Crippen molar-refractivity contribution in [2.75, 3.05) is 31.1 Å². The number of para-hydroxylation sites is 1. The summed E-state index contributed by atoms with van der Waals surface area (Å²) in [6, 6.07) is 13.9. The Hall–Kier alpha value is -2.53. The lowest BCUT2D eigenvalue weighted by Crippen LogP contribution is -2.36. The van der Waals surface area contributed by atoms with Gasteiger partial charge in [0.25, 0.3) is 0 Å². The van der Waals surface area contributed by atoms with Gasteiger partial charge in [0.05, 0.1) is 28.8 Å². The zero-order valence-corrected chi connectivity index (χ0v) is 15.2. The Kier molecular flexibility index (Phi) is 4.80. The van der Waals surface area contributed by atoms with Crippen LogP contribution >= 0.6 is 11.6 Å². The number of rotatable bonds is 3. The quantitative estimate of drug-likeness (QED) is 0.769. The van der Waals surface area contributed by atoms with E-state index in [0.29, 0.717) is 6.42 Å². The molecule has 0 radical (unpaired) electrons. The first-order valence-electron chi connectivity index (χ1n) is 8.90. The van der Waals surface area contributed by atoms with Crippen LogP contribution in [-0.2, 0) is 11.2 Å². The van der Waals surface area contributed by atoms with Gasteiger partial charge in [-0.15, -0.1) is 0 Å². The summed E-state index contributed by atoms with van der Waals surface area (Å²) in [6.45, 7) is 3.21. The van der Waals surface area contributed by atoms with Crippen molar-refractivity contribution in [3.8, 4) is 0 Å². The number of aromatic amines is 1. The number of nitrogens with one attached hydrogen (secondary N) is 1. The third kappa shape index (κ3) is 3.53. The largest absolute Gasteiger partial charge is 0.368 e. The molecule has 1 saturated heterocycles. The van der Waals surface area contributed by atoms with Crippen LogP contribution in [0.3, 0.4) is 0 Å². The van der Waals surface area contributed by atoms with Crippen molar-refractivity contribution in [3.05, 3.63) is 59.2 Å². The van der Waals surface area contributed by atoms with Crippen molar-refractivity contribution in [1.82, 2.24) is 15.1 Å². The second-order valence-corrected chi connectivity index (χ2v) is 7.05. The molecular formula is C20H21ClN4O. The van der Waals surface area contributed by atoms with E-state index in [9.17, 15) is 4.79 Å². The maximum absolute atomic E-state index is 12.8. The van der Waals surface area contributed by atoms with Gasteiger partial charge in [0.15, 0.2) is 0 Å². The molecule has 6 heteroatoms. The lowest BCUT2D eigenvalue weighted by molar-refractivity contribution is -0.130. The molecule has 1 aromatic heterocycles. The summed E-state index contributed by atoms with van der Waals surface area (Å²) in [5, 5.41) is 8.81. The average Bonchev–Trinajstić information content (AvgIpc) is 2.97. The van der Waals surface area contributed by atoms with Crippen LogP contribution in [0.4, 0.5) is 5.69 Å². The van der Waals surface area contributed by atoms with Crippen LogP contribution in [0.1, 0.15) is 12.0 Å². The second kappa shape index (κ2) is 7.38. The number of anilines is 1. The third-order valence-electron chi connectivity index (χ3n) is 4.90. The lowest BCUT2D eigenvalue weighted by Gasteiger charge is -2.24. The number of H-pyrrole nitrogens is 1. The van der Waals surface area contributed by atoms with Crippen LogP contribution in [-0.4, -0.2) is 47.2 Å². The fourth-order valence-electron chi connectivity index (χ4n) is 3.50. The first-order chi connectivity index (χ1) is 12.7. The predicted octanol–water partition coefficient (Wildman–Crippen LogP) is 3.50. The topological polar surface area (TPSA) is 52.2 Å². The summed E-state index contributed by atoms with van der Waals surface area (Å²) in [6.07, 6.45) is 3.15. The molecule has 0 saturated carbocycles. The first kappa shape index (κ1) is 16.9. The number of nitrogens with zero attached hydrogens (tertiary/aromatic N) is 3. The number of aromatic nitrogens is 2. The molecule has 2 aromatic carbocycles. The van der Waals surface area contributed by atoms with E-state index in [4.69, 9.17) is 11.6 Å². The Morgan fingerprint density at radius 1 is 1.12 bits per heavy atom. The van der Waals surface area contributed by atoms with E-state index in [1.165, 1.54) is 0 Å². The molecule has 1 amide bonds. The summed E-state index contributed by atoms with van der Waals surface area (Å²) in [5.41, 5.74) is 3.03. The standard InChI is InChI=1S/C20H21ClN4O/c21-17-4-1-2-5-19(17)24-8-3-9-25(11-10-24)20(26)13-15-6-7-16-14-22-23-18(16)12-15/h1-2,4-7,12,14H,3,8-11,13H2,(H,22,23). The number of amides is 1. The number of carbonyl (C=O) groups excluding carboxylic acids is 1. The summed E-state index contributed by atoms with van der Waals surface area (Å²) in [5.74, 6) is 0.171. The zero-order chi connectivity index (χ0) is 17.9. The monoisotopic (exact) mass is 368 g/mol. The molecule has 1 N–H and O–H groups in total. The second-order valence-electron chi connectivity index (χ2n) is 6.64. The van der Waals surface area contributed by atoms with Gasteiger partial charge >= 0.3 is 0 Å². The van der Waals surface area contributed by atoms with E-state index < -0.39 is 0 Å². The highest BCUT2D eigenvalue weighted by atomic mass is 35.5. The van der Waals surface area contributed by atoms with Gasteiger partial charge < -0.3 is 9.80 Å². The summed E-state index contributed by atoms with van der Waals surface area (Å²) in [4.78, 5) is 17.0. The molecule has 0 aliphatic carbocycles. The maximum Gasteiger partial charge on any atom is 0.227 e. The predicted molar refractivity (Wildman–Crippen MR) is 105 cm³/mol. The molecule has 2 heterocycles. The van der Waals surface area contributed by atoms with Gasteiger partial charge in [-0.05, 0) is 30.2 Å². The van der Waals surface area contributed by atoms with E-state index in [2.05, 4.69) is 15.1 Å². The van der Waals surface area contributed by atoms with Gasteiger partial charge in [-0.2, -0.15) is 5.10 Å². The van der Waals surface area contributed by atoms with Gasteiger partial charge in [0.1, 0.15) is 0 Å².